The molecular formula is C35H24SSe3. The first kappa shape index (κ1) is 24.4. The van der Waals surface area contributed by atoms with Crippen LogP contribution in [-0.2, 0) is 0 Å². The number of thiophene rings is 1. The minimum atomic E-state index is 0.328. The maximum absolute atomic E-state index is 2.57. The Morgan fingerprint density at radius 2 is 0.974 bits per heavy atom. The Morgan fingerprint density at radius 1 is 0.487 bits per heavy atom. The molecule has 8 rings (SSSR count). The molecule has 0 spiro atoms. The summed E-state index contributed by atoms with van der Waals surface area (Å²) in [5.41, 5.74) is 8.12. The number of rotatable bonds is 3. The number of benzene rings is 4. The van der Waals surface area contributed by atoms with Crippen LogP contribution in [0.2, 0.25) is 0 Å². The van der Waals surface area contributed by atoms with Crippen molar-refractivity contribution >= 4 is 92.7 Å². The summed E-state index contributed by atoms with van der Waals surface area (Å²) in [6.07, 6.45) is 0. The summed E-state index contributed by atoms with van der Waals surface area (Å²) in [4.78, 5) is 1.41. The van der Waals surface area contributed by atoms with Gasteiger partial charge in [-0.3, -0.25) is 0 Å². The van der Waals surface area contributed by atoms with Crippen molar-refractivity contribution in [3.05, 3.63) is 108 Å². The molecule has 0 saturated carbocycles. The molecule has 0 nitrogen and oxygen atoms in total. The van der Waals surface area contributed by atoms with Crippen LogP contribution in [0.25, 0.3) is 68.3 Å². The van der Waals surface area contributed by atoms with E-state index >= 15 is 0 Å². The zero-order valence-corrected chi connectivity index (χ0v) is 27.7. The Balaban J connectivity index is 1.44. The molecule has 39 heavy (non-hydrogen) atoms. The topological polar surface area (TPSA) is 0 Å². The molecule has 0 aliphatic heterocycles. The van der Waals surface area contributed by atoms with Crippen molar-refractivity contribution < 1.29 is 0 Å². The Kier molecular flexibility index (Phi) is 5.85. The molecule has 0 N–H and O–H groups in total. The van der Waals surface area contributed by atoms with Gasteiger partial charge in [-0.2, -0.15) is 0 Å². The van der Waals surface area contributed by atoms with Crippen LogP contribution in [0.3, 0.4) is 0 Å². The summed E-state index contributed by atoms with van der Waals surface area (Å²) >= 11 is 3.03. The van der Waals surface area contributed by atoms with E-state index in [1.54, 1.807) is 32.3 Å². The van der Waals surface area contributed by atoms with Crippen LogP contribution in [0.1, 0.15) is 16.7 Å². The molecule has 4 heterocycles. The molecule has 0 atom stereocenters. The normalized spacial score (nSPS) is 12.0. The average molecular weight is 714 g/mol. The number of fused-ring (bicyclic) bond motifs is 8. The first-order valence-corrected chi connectivity index (χ1v) is 19.0. The van der Waals surface area contributed by atoms with Gasteiger partial charge in [0.05, 0.1) is 0 Å². The fourth-order valence-electron chi connectivity index (χ4n) is 5.38. The molecule has 0 aliphatic carbocycles. The van der Waals surface area contributed by atoms with Gasteiger partial charge in [0.15, 0.2) is 0 Å². The Labute approximate surface area is 249 Å². The number of hydrogen-bond acceptors (Lipinski definition) is 1. The van der Waals surface area contributed by atoms with Crippen molar-refractivity contribution in [1.29, 1.82) is 0 Å². The molecule has 188 valence electrons. The summed E-state index contributed by atoms with van der Waals surface area (Å²) in [5, 5.41) is 4.67. The van der Waals surface area contributed by atoms with Gasteiger partial charge in [0.2, 0.25) is 0 Å². The quantitative estimate of drug-likeness (QED) is 0.160. The van der Waals surface area contributed by atoms with Gasteiger partial charge in [0.25, 0.3) is 0 Å². The van der Waals surface area contributed by atoms with Crippen LogP contribution in [-0.4, -0.2) is 43.5 Å². The summed E-state index contributed by atoms with van der Waals surface area (Å²) in [6, 6.07) is 35.0. The van der Waals surface area contributed by atoms with Crippen LogP contribution in [0.15, 0.2) is 91.0 Å². The summed E-state index contributed by atoms with van der Waals surface area (Å²) in [7, 11) is 0. The van der Waals surface area contributed by atoms with Crippen LogP contribution in [0, 0.1) is 20.8 Å². The van der Waals surface area contributed by atoms with Crippen LogP contribution in [0.5, 0.6) is 0 Å². The first-order valence-electron chi connectivity index (χ1n) is 13.1. The van der Waals surface area contributed by atoms with E-state index in [1.807, 2.05) is 11.3 Å². The van der Waals surface area contributed by atoms with Crippen LogP contribution >= 0.6 is 11.3 Å². The van der Waals surface area contributed by atoms with E-state index in [9.17, 15) is 0 Å². The maximum atomic E-state index is 2.57. The van der Waals surface area contributed by atoms with Gasteiger partial charge in [-0.05, 0) is 0 Å². The van der Waals surface area contributed by atoms with E-state index in [2.05, 4.69) is 112 Å². The van der Waals surface area contributed by atoms with Crippen LogP contribution < -0.4 is 0 Å². The second-order valence-corrected chi connectivity index (χ2v) is 18.1. The molecule has 0 saturated heterocycles. The number of aryl methyl sites for hydroxylation is 3. The molecule has 4 heteroatoms. The van der Waals surface area contributed by atoms with E-state index in [-0.39, 0.29) is 0 Å². The molecule has 0 aliphatic rings. The van der Waals surface area contributed by atoms with Gasteiger partial charge in [0, 0.05) is 0 Å². The van der Waals surface area contributed by atoms with Crippen molar-refractivity contribution in [2.75, 3.05) is 0 Å². The second kappa shape index (κ2) is 9.34. The third kappa shape index (κ3) is 4.06. The van der Waals surface area contributed by atoms with Gasteiger partial charge in [-0.1, -0.05) is 0 Å². The molecule has 0 bridgehead atoms. The molecule has 8 aromatic rings. The molecule has 0 fully saturated rings. The van der Waals surface area contributed by atoms with E-state index in [0.717, 1.165) is 0 Å². The average Bonchev–Trinajstić information content (AvgIpc) is 3.71. The predicted octanol–water partition coefficient (Wildman–Crippen LogP) is 9.46. The summed E-state index contributed by atoms with van der Waals surface area (Å²) in [5.74, 6) is 0. The van der Waals surface area contributed by atoms with Crippen molar-refractivity contribution in [3.8, 4) is 30.4 Å². The molecule has 0 unspecified atom stereocenters. The van der Waals surface area contributed by atoms with Gasteiger partial charge in [-0.15, -0.1) is 0 Å². The van der Waals surface area contributed by atoms with E-state index < -0.39 is 0 Å². The molecule has 0 amide bonds. The second-order valence-electron chi connectivity index (χ2n) is 10.4. The van der Waals surface area contributed by atoms with Gasteiger partial charge in [-0.25, -0.2) is 0 Å². The van der Waals surface area contributed by atoms with Crippen molar-refractivity contribution in [2.45, 2.75) is 20.8 Å². The zero-order valence-electron chi connectivity index (χ0n) is 21.8. The summed E-state index contributed by atoms with van der Waals surface area (Å²) < 4.78 is 11.1. The monoisotopic (exact) mass is 716 g/mol. The van der Waals surface area contributed by atoms with Gasteiger partial charge < -0.3 is 0 Å². The van der Waals surface area contributed by atoms with Gasteiger partial charge in [0.1, 0.15) is 0 Å². The minimum absolute atomic E-state index is 0.328. The SMILES string of the molecule is Cc1ccc(-c2cc3[se]c4c5cc(-c6ccc(C)cc6)[se]c5c5[se]c(-c6ccc(C)cc6)cc5c4c3s2)cc1. The number of hydrogen-bond donors (Lipinski definition) is 0. The molecular weight excluding hydrogens is 689 g/mol. The standard InChI is InChI=1S/C35H24SSe3/c1-19-4-10-22(11-5-19)27-18-30-32(36-27)31-25-16-28(23-12-6-20(2)7-13-23)37-34(25)35-26(33(31)39-30)17-29(38-35)24-14-8-21(3)9-15-24/h4-18H,1-3H3. The zero-order chi connectivity index (χ0) is 26.2. The molecule has 4 aromatic heterocycles. The van der Waals surface area contributed by atoms with E-state index in [1.165, 1.54) is 52.8 Å². The molecule has 0 radical (unpaired) electrons. The third-order valence-electron chi connectivity index (χ3n) is 7.56. The van der Waals surface area contributed by atoms with E-state index in [4.69, 9.17) is 0 Å². The fourth-order valence-corrected chi connectivity index (χ4v) is 15.7. The Bertz CT molecular complexity index is 2160. The Hall–Kier alpha value is -2.38. The third-order valence-corrected chi connectivity index (χ3v) is 17.2. The fraction of sp³-hybridized carbons (Fsp3) is 0.0857. The van der Waals surface area contributed by atoms with Crippen LogP contribution in [0.4, 0.5) is 0 Å². The first-order chi connectivity index (χ1) is 19.0. The predicted molar refractivity (Wildman–Crippen MR) is 176 cm³/mol. The van der Waals surface area contributed by atoms with Crippen molar-refractivity contribution in [1.82, 2.24) is 0 Å². The molecule has 4 aromatic carbocycles. The Morgan fingerprint density at radius 3 is 1.54 bits per heavy atom. The van der Waals surface area contributed by atoms with Gasteiger partial charge >= 0.3 is 252 Å². The summed E-state index contributed by atoms with van der Waals surface area (Å²) in [6.45, 7) is 6.53. The van der Waals surface area contributed by atoms with Crippen molar-refractivity contribution in [3.63, 3.8) is 0 Å². The van der Waals surface area contributed by atoms with Crippen molar-refractivity contribution in [2.24, 2.45) is 0 Å². The van der Waals surface area contributed by atoms with E-state index in [0.29, 0.717) is 43.5 Å².